The number of hydrogen-bond acceptors (Lipinski definition) is 2. The van der Waals surface area contributed by atoms with E-state index >= 15 is 0 Å². The van der Waals surface area contributed by atoms with Crippen molar-refractivity contribution < 1.29 is 10.2 Å². The van der Waals surface area contributed by atoms with E-state index in [-0.39, 0.29) is 11.5 Å². The molecule has 23 heavy (non-hydrogen) atoms. The summed E-state index contributed by atoms with van der Waals surface area (Å²) in [5.41, 5.74) is 0.679. The van der Waals surface area contributed by atoms with Crippen LogP contribution in [-0.4, -0.2) is 22.9 Å². The molecule has 132 valence electrons. The lowest BCUT2D eigenvalue weighted by Gasteiger charge is -2.62. The van der Waals surface area contributed by atoms with Gasteiger partial charge in [-0.1, -0.05) is 26.7 Å². The Balaban J connectivity index is 1.65. The number of rotatable bonds is 2. The van der Waals surface area contributed by atoms with Gasteiger partial charge in [0.2, 0.25) is 0 Å². The molecule has 0 radical (unpaired) electrons. The van der Waals surface area contributed by atoms with Gasteiger partial charge in [-0.25, -0.2) is 0 Å². The summed E-state index contributed by atoms with van der Waals surface area (Å²) in [6.07, 6.45) is 12.7. The van der Waals surface area contributed by atoms with Crippen LogP contribution in [0.1, 0.15) is 78.1 Å². The summed E-state index contributed by atoms with van der Waals surface area (Å²) in [5.74, 6) is 3.59. The van der Waals surface area contributed by atoms with Crippen molar-refractivity contribution in [3.05, 3.63) is 0 Å². The van der Waals surface area contributed by atoms with Crippen LogP contribution in [0.15, 0.2) is 0 Å². The Hall–Kier alpha value is -0.0800. The van der Waals surface area contributed by atoms with Crippen LogP contribution < -0.4 is 0 Å². The van der Waals surface area contributed by atoms with E-state index in [1.807, 2.05) is 0 Å². The molecule has 4 saturated carbocycles. The molecular weight excluding hydrogens is 284 g/mol. The second kappa shape index (κ2) is 5.73. The van der Waals surface area contributed by atoms with Gasteiger partial charge in [0, 0.05) is 6.61 Å². The maximum absolute atomic E-state index is 11.2. The number of aliphatic hydroxyl groups is 2. The van der Waals surface area contributed by atoms with Gasteiger partial charge < -0.3 is 10.2 Å². The minimum absolute atomic E-state index is 0.105. The molecular formula is C21H36O2. The number of fused-ring (bicyclic) bond motifs is 5. The van der Waals surface area contributed by atoms with Gasteiger partial charge >= 0.3 is 0 Å². The molecule has 0 spiro atoms. The molecule has 2 nitrogen and oxygen atoms in total. The summed E-state index contributed by atoms with van der Waals surface area (Å²) in [6.45, 7) is 5.29. The van der Waals surface area contributed by atoms with Gasteiger partial charge in [-0.05, 0) is 91.8 Å². The second-order valence-electron chi connectivity index (χ2n) is 9.89. The first kappa shape index (κ1) is 16.4. The molecule has 0 aromatic heterocycles. The van der Waals surface area contributed by atoms with E-state index in [2.05, 4.69) is 13.8 Å². The quantitative estimate of drug-likeness (QED) is 0.792. The Morgan fingerprint density at radius 1 is 0.957 bits per heavy atom. The van der Waals surface area contributed by atoms with Crippen molar-refractivity contribution in [1.82, 2.24) is 0 Å². The fourth-order valence-corrected chi connectivity index (χ4v) is 8.15. The van der Waals surface area contributed by atoms with Crippen molar-refractivity contribution >= 4 is 0 Å². The van der Waals surface area contributed by atoms with Crippen molar-refractivity contribution in [2.24, 2.45) is 40.4 Å². The Morgan fingerprint density at radius 3 is 2.57 bits per heavy atom. The lowest BCUT2D eigenvalue weighted by molar-refractivity contribution is -0.169. The predicted octanol–water partition coefficient (Wildman–Crippen LogP) is 4.39. The Morgan fingerprint density at radius 2 is 1.78 bits per heavy atom. The highest BCUT2D eigenvalue weighted by Crippen LogP contribution is 2.67. The molecule has 0 amide bonds. The van der Waals surface area contributed by atoms with Crippen molar-refractivity contribution in [3.63, 3.8) is 0 Å². The standard InChI is InChI=1S/C21H36O2/c1-20-11-4-3-5-14(20)6-8-16-17-9-7-15(10-12-22)21(17,2)13-18(23)19(16)20/h14-19,22-23H,3-13H2,1-2H3/t14?,15-,16+,17+,18+,19-,20+,21-/m1/s1. The average molecular weight is 321 g/mol. The van der Waals surface area contributed by atoms with Crippen LogP contribution in [0.25, 0.3) is 0 Å². The second-order valence-corrected chi connectivity index (χ2v) is 9.89. The maximum atomic E-state index is 11.2. The Bertz CT molecular complexity index is 449. The number of hydrogen-bond donors (Lipinski definition) is 2. The number of aliphatic hydroxyl groups excluding tert-OH is 2. The van der Waals surface area contributed by atoms with Crippen LogP contribution in [0.4, 0.5) is 0 Å². The van der Waals surface area contributed by atoms with Gasteiger partial charge in [0.05, 0.1) is 6.10 Å². The highest BCUT2D eigenvalue weighted by Gasteiger charge is 2.62. The summed E-state index contributed by atoms with van der Waals surface area (Å²) < 4.78 is 0. The first-order valence-corrected chi connectivity index (χ1v) is 10.3. The van der Waals surface area contributed by atoms with E-state index in [1.54, 1.807) is 0 Å². The third-order valence-electron chi connectivity index (χ3n) is 9.19. The van der Waals surface area contributed by atoms with Gasteiger partial charge in [-0.3, -0.25) is 0 Å². The molecule has 8 atom stereocenters. The van der Waals surface area contributed by atoms with Crippen LogP contribution in [0.3, 0.4) is 0 Å². The van der Waals surface area contributed by atoms with E-state index in [0.29, 0.717) is 23.9 Å². The Labute approximate surface area is 142 Å². The molecule has 4 aliphatic rings. The molecule has 4 rings (SSSR count). The van der Waals surface area contributed by atoms with E-state index in [1.165, 1.54) is 51.4 Å². The molecule has 0 bridgehead atoms. The van der Waals surface area contributed by atoms with Gasteiger partial charge in [-0.15, -0.1) is 0 Å². The summed E-state index contributed by atoms with van der Waals surface area (Å²) in [4.78, 5) is 0. The zero-order chi connectivity index (χ0) is 16.2. The third-order valence-corrected chi connectivity index (χ3v) is 9.19. The minimum atomic E-state index is -0.105. The average Bonchev–Trinajstić information content (AvgIpc) is 2.83. The molecule has 2 N–H and O–H groups in total. The predicted molar refractivity (Wildman–Crippen MR) is 92.9 cm³/mol. The molecule has 1 unspecified atom stereocenters. The zero-order valence-electron chi connectivity index (χ0n) is 15.1. The van der Waals surface area contributed by atoms with Crippen LogP contribution >= 0.6 is 0 Å². The van der Waals surface area contributed by atoms with Gasteiger partial charge in [0.25, 0.3) is 0 Å². The molecule has 0 heterocycles. The first-order chi connectivity index (χ1) is 11.0. The summed E-state index contributed by atoms with van der Waals surface area (Å²) in [6, 6.07) is 0. The van der Waals surface area contributed by atoms with Gasteiger partial charge in [0.1, 0.15) is 0 Å². The molecule has 4 fully saturated rings. The lowest BCUT2D eigenvalue weighted by atomic mass is 9.44. The van der Waals surface area contributed by atoms with Crippen LogP contribution in [-0.2, 0) is 0 Å². The molecule has 4 aliphatic carbocycles. The van der Waals surface area contributed by atoms with E-state index < -0.39 is 0 Å². The van der Waals surface area contributed by atoms with Gasteiger partial charge in [-0.2, -0.15) is 0 Å². The van der Waals surface area contributed by atoms with Crippen molar-refractivity contribution in [3.8, 4) is 0 Å². The summed E-state index contributed by atoms with van der Waals surface area (Å²) in [7, 11) is 0. The van der Waals surface area contributed by atoms with Crippen LogP contribution in [0, 0.1) is 40.4 Å². The fraction of sp³-hybridized carbons (Fsp3) is 1.00. The normalized spacial score (nSPS) is 55.8. The SMILES string of the molecule is C[C@]12C[C@H](O)[C@H]3[C@@H](CCC4CCCC[C@@]43C)[C@@H]1CC[C@@H]2CCO. The smallest absolute Gasteiger partial charge is 0.0581 e. The maximum Gasteiger partial charge on any atom is 0.0581 e. The third kappa shape index (κ3) is 2.27. The molecule has 0 aromatic carbocycles. The molecule has 0 saturated heterocycles. The minimum Gasteiger partial charge on any atom is -0.396 e. The fourth-order valence-electron chi connectivity index (χ4n) is 8.15. The summed E-state index contributed by atoms with van der Waals surface area (Å²) >= 11 is 0. The lowest BCUT2D eigenvalue weighted by Crippen LogP contribution is -2.58. The summed E-state index contributed by atoms with van der Waals surface area (Å²) in [5, 5.41) is 20.7. The van der Waals surface area contributed by atoms with E-state index in [4.69, 9.17) is 0 Å². The highest BCUT2D eigenvalue weighted by atomic mass is 16.3. The van der Waals surface area contributed by atoms with Crippen molar-refractivity contribution in [1.29, 1.82) is 0 Å². The molecule has 0 aromatic rings. The van der Waals surface area contributed by atoms with E-state index in [9.17, 15) is 10.2 Å². The monoisotopic (exact) mass is 320 g/mol. The van der Waals surface area contributed by atoms with Crippen molar-refractivity contribution in [2.75, 3.05) is 6.61 Å². The largest absolute Gasteiger partial charge is 0.396 e. The molecule has 0 aliphatic heterocycles. The van der Waals surface area contributed by atoms with Crippen molar-refractivity contribution in [2.45, 2.75) is 84.2 Å². The zero-order valence-corrected chi connectivity index (χ0v) is 15.1. The Kier molecular flexibility index (Phi) is 4.08. The van der Waals surface area contributed by atoms with E-state index in [0.717, 1.165) is 30.6 Å². The van der Waals surface area contributed by atoms with Gasteiger partial charge in [0.15, 0.2) is 0 Å². The van der Waals surface area contributed by atoms with Crippen LogP contribution in [0.5, 0.6) is 0 Å². The highest BCUT2D eigenvalue weighted by molar-refractivity contribution is 5.11. The van der Waals surface area contributed by atoms with Crippen LogP contribution in [0.2, 0.25) is 0 Å². The first-order valence-electron chi connectivity index (χ1n) is 10.3. The molecule has 2 heteroatoms. The topological polar surface area (TPSA) is 40.5 Å².